The molecule has 112 valence electrons. The minimum Gasteiger partial charge on any atom is -0.445 e. The number of carbonyl (C=O) groups excluding carboxylic acids is 1. The molecule has 1 amide bonds. The summed E-state index contributed by atoms with van der Waals surface area (Å²) >= 11 is 0. The van der Waals surface area contributed by atoms with Gasteiger partial charge < -0.3 is 21.1 Å². The highest BCUT2D eigenvalue weighted by molar-refractivity contribution is 5.67. The Labute approximate surface area is 120 Å². The molecule has 20 heavy (non-hydrogen) atoms. The molecule has 0 fully saturated rings. The van der Waals surface area contributed by atoms with Crippen molar-refractivity contribution >= 4 is 6.09 Å². The molecule has 1 aromatic rings. The topological polar surface area (TPSA) is 81.6 Å². The lowest BCUT2D eigenvalue weighted by atomic mass is 10.2. The first-order valence-electron chi connectivity index (χ1n) is 7.13. The third-order valence-corrected chi connectivity index (χ3v) is 2.99. The fourth-order valence-corrected chi connectivity index (χ4v) is 1.88. The first kappa shape index (κ1) is 16.5. The van der Waals surface area contributed by atoms with Crippen LogP contribution >= 0.6 is 0 Å². The highest BCUT2D eigenvalue weighted by atomic mass is 16.6. The summed E-state index contributed by atoms with van der Waals surface area (Å²) in [5.74, 6) is 0. The summed E-state index contributed by atoms with van der Waals surface area (Å²) in [5.41, 5.74) is 12.0. The molecule has 0 aromatic heterocycles. The molecule has 0 atom stereocenters. The normalized spacial score (nSPS) is 10.3. The second kappa shape index (κ2) is 10.2. The number of rotatable bonds is 9. The number of benzene rings is 1. The molecule has 0 aliphatic heterocycles. The molecule has 0 aliphatic rings. The number of carbonyl (C=O) groups is 1. The van der Waals surface area contributed by atoms with Crippen LogP contribution in [-0.4, -0.2) is 37.2 Å². The summed E-state index contributed by atoms with van der Waals surface area (Å²) in [6, 6.07) is 9.65. The molecule has 0 spiro atoms. The number of nitrogens with zero attached hydrogens (tertiary/aromatic N) is 1. The molecule has 0 saturated heterocycles. The summed E-state index contributed by atoms with van der Waals surface area (Å²) in [7, 11) is 0. The molecule has 0 saturated carbocycles. The standard InChI is InChI=1S/C15H25N3O2/c16-9-5-2-6-11-18(12-10-17)15(19)20-13-14-7-3-1-4-8-14/h1,3-4,7-8H,2,5-6,9-13,16-17H2. The Hall–Kier alpha value is -1.59. The second-order valence-electron chi connectivity index (χ2n) is 4.67. The van der Waals surface area contributed by atoms with E-state index < -0.39 is 0 Å². The van der Waals surface area contributed by atoms with E-state index in [9.17, 15) is 4.79 Å². The summed E-state index contributed by atoms with van der Waals surface area (Å²) < 4.78 is 5.31. The lowest BCUT2D eigenvalue weighted by molar-refractivity contribution is 0.0965. The van der Waals surface area contributed by atoms with Crippen molar-refractivity contribution in [2.45, 2.75) is 25.9 Å². The number of ether oxygens (including phenoxy) is 1. The minimum atomic E-state index is -0.299. The van der Waals surface area contributed by atoms with Gasteiger partial charge in [-0.25, -0.2) is 4.79 Å². The van der Waals surface area contributed by atoms with Gasteiger partial charge in [-0.2, -0.15) is 0 Å². The third kappa shape index (κ3) is 6.54. The number of amides is 1. The van der Waals surface area contributed by atoms with Crippen molar-refractivity contribution in [3.8, 4) is 0 Å². The zero-order valence-electron chi connectivity index (χ0n) is 12.0. The van der Waals surface area contributed by atoms with Crippen molar-refractivity contribution < 1.29 is 9.53 Å². The maximum Gasteiger partial charge on any atom is 0.410 e. The fraction of sp³-hybridized carbons (Fsp3) is 0.533. The van der Waals surface area contributed by atoms with Crippen LogP contribution in [0.2, 0.25) is 0 Å². The molecular formula is C15H25N3O2. The first-order chi connectivity index (χ1) is 9.77. The molecular weight excluding hydrogens is 254 g/mol. The Kier molecular flexibility index (Phi) is 8.42. The van der Waals surface area contributed by atoms with Crippen LogP contribution in [0.4, 0.5) is 4.79 Å². The van der Waals surface area contributed by atoms with Crippen LogP contribution < -0.4 is 11.5 Å². The molecule has 0 bridgehead atoms. The van der Waals surface area contributed by atoms with E-state index in [1.807, 2.05) is 30.3 Å². The highest BCUT2D eigenvalue weighted by Crippen LogP contribution is 2.05. The fourth-order valence-electron chi connectivity index (χ4n) is 1.88. The van der Waals surface area contributed by atoms with Gasteiger partial charge in [0.2, 0.25) is 0 Å². The molecule has 1 aromatic carbocycles. The van der Waals surface area contributed by atoms with E-state index in [0.29, 0.717) is 32.8 Å². The van der Waals surface area contributed by atoms with Crippen molar-refractivity contribution in [3.63, 3.8) is 0 Å². The van der Waals surface area contributed by atoms with Gasteiger partial charge >= 0.3 is 6.09 Å². The Morgan fingerprint density at radius 3 is 2.40 bits per heavy atom. The van der Waals surface area contributed by atoms with Crippen molar-refractivity contribution in [2.75, 3.05) is 26.2 Å². The van der Waals surface area contributed by atoms with Gasteiger partial charge in [-0.3, -0.25) is 0 Å². The summed E-state index contributed by atoms with van der Waals surface area (Å²) in [6.45, 7) is 2.62. The summed E-state index contributed by atoms with van der Waals surface area (Å²) in [6.07, 6.45) is 2.63. The summed E-state index contributed by atoms with van der Waals surface area (Å²) in [4.78, 5) is 13.7. The maximum absolute atomic E-state index is 12.0. The molecule has 4 N–H and O–H groups in total. The Morgan fingerprint density at radius 2 is 1.75 bits per heavy atom. The van der Waals surface area contributed by atoms with E-state index in [4.69, 9.17) is 16.2 Å². The average Bonchev–Trinajstić information content (AvgIpc) is 2.49. The van der Waals surface area contributed by atoms with Gasteiger partial charge in [0.15, 0.2) is 0 Å². The Bertz CT molecular complexity index is 371. The average molecular weight is 279 g/mol. The molecule has 0 aliphatic carbocycles. The quantitative estimate of drug-likeness (QED) is 0.674. The van der Waals surface area contributed by atoms with Crippen LogP contribution in [0.15, 0.2) is 30.3 Å². The predicted octanol–water partition coefficient (Wildman–Crippen LogP) is 1.71. The Balaban J connectivity index is 2.35. The van der Waals surface area contributed by atoms with Crippen LogP contribution in [0.3, 0.4) is 0 Å². The largest absolute Gasteiger partial charge is 0.445 e. The molecule has 0 heterocycles. The summed E-state index contributed by atoms with van der Waals surface area (Å²) in [5, 5.41) is 0. The molecule has 0 radical (unpaired) electrons. The van der Waals surface area contributed by atoms with Gasteiger partial charge in [-0.1, -0.05) is 36.8 Å². The van der Waals surface area contributed by atoms with Crippen molar-refractivity contribution in [1.29, 1.82) is 0 Å². The highest BCUT2D eigenvalue weighted by Gasteiger charge is 2.13. The number of hydrogen-bond acceptors (Lipinski definition) is 4. The number of unbranched alkanes of at least 4 members (excludes halogenated alkanes) is 2. The SMILES string of the molecule is NCCCCCN(CCN)C(=O)OCc1ccccc1. The van der Waals surface area contributed by atoms with Crippen LogP contribution in [0.1, 0.15) is 24.8 Å². The van der Waals surface area contributed by atoms with Crippen molar-refractivity contribution in [2.24, 2.45) is 11.5 Å². The second-order valence-corrected chi connectivity index (χ2v) is 4.67. The van der Waals surface area contributed by atoms with Crippen molar-refractivity contribution in [1.82, 2.24) is 4.90 Å². The van der Waals surface area contributed by atoms with Crippen LogP contribution in [-0.2, 0) is 11.3 Å². The van der Waals surface area contributed by atoms with E-state index in [1.54, 1.807) is 4.90 Å². The van der Waals surface area contributed by atoms with Gasteiger partial charge in [0.25, 0.3) is 0 Å². The lowest BCUT2D eigenvalue weighted by Crippen LogP contribution is -2.36. The zero-order chi connectivity index (χ0) is 14.6. The van der Waals surface area contributed by atoms with Crippen LogP contribution in [0, 0.1) is 0 Å². The van der Waals surface area contributed by atoms with Gasteiger partial charge in [0.05, 0.1) is 0 Å². The van der Waals surface area contributed by atoms with E-state index >= 15 is 0 Å². The molecule has 5 heteroatoms. The molecule has 5 nitrogen and oxygen atoms in total. The zero-order valence-corrected chi connectivity index (χ0v) is 12.0. The van der Waals surface area contributed by atoms with Gasteiger partial charge in [-0.05, 0) is 24.9 Å². The van der Waals surface area contributed by atoms with Gasteiger partial charge in [0, 0.05) is 19.6 Å². The van der Waals surface area contributed by atoms with Gasteiger partial charge in [-0.15, -0.1) is 0 Å². The van der Waals surface area contributed by atoms with E-state index in [-0.39, 0.29) is 6.09 Å². The van der Waals surface area contributed by atoms with Gasteiger partial charge in [0.1, 0.15) is 6.61 Å². The van der Waals surface area contributed by atoms with Crippen LogP contribution in [0.5, 0.6) is 0 Å². The van der Waals surface area contributed by atoms with E-state index in [2.05, 4.69) is 0 Å². The minimum absolute atomic E-state index is 0.295. The van der Waals surface area contributed by atoms with Crippen LogP contribution in [0.25, 0.3) is 0 Å². The molecule has 0 unspecified atom stereocenters. The predicted molar refractivity (Wildman–Crippen MR) is 80.2 cm³/mol. The smallest absolute Gasteiger partial charge is 0.410 e. The van der Waals surface area contributed by atoms with E-state index in [0.717, 1.165) is 24.8 Å². The van der Waals surface area contributed by atoms with Crippen molar-refractivity contribution in [3.05, 3.63) is 35.9 Å². The third-order valence-electron chi connectivity index (χ3n) is 2.99. The first-order valence-corrected chi connectivity index (χ1v) is 7.13. The Morgan fingerprint density at radius 1 is 1.00 bits per heavy atom. The maximum atomic E-state index is 12.0. The number of nitrogens with two attached hydrogens (primary N) is 2. The monoisotopic (exact) mass is 279 g/mol. The lowest BCUT2D eigenvalue weighted by Gasteiger charge is -2.21. The number of hydrogen-bond donors (Lipinski definition) is 2. The molecule has 1 rings (SSSR count). The van der Waals surface area contributed by atoms with E-state index in [1.165, 1.54) is 0 Å².